The van der Waals surface area contributed by atoms with E-state index in [2.05, 4.69) is 39.9 Å². The molecule has 1 N–H and O–H groups in total. The smallest absolute Gasteiger partial charge is 0.00954 e. The summed E-state index contributed by atoms with van der Waals surface area (Å²) in [4.78, 5) is 0. The summed E-state index contributed by atoms with van der Waals surface area (Å²) in [5, 5.41) is 3.74. The maximum absolute atomic E-state index is 3.74. The maximum atomic E-state index is 3.74. The molecule has 0 unspecified atom stereocenters. The Hall–Kier alpha value is -0.0400. The Labute approximate surface area is 89.7 Å². The molecule has 1 aliphatic rings. The zero-order valence-corrected chi connectivity index (χ0v) is 10.6. The fourth-order valence-electron chi connectivity index (χ4n) is 2.31. The summed E-state index contributed by atoms with van der Waals surface area (Å²) in [6, 6.07) is 0.762. The van der Waals surface area contributed by atoms with Crippen LogP contribution in [0, 0.1) is 17.3 Å². The van der Waals surface area contributed by atoms with Crippen LogP contribution >= 0.6 is 0 Å². The quantitative estimate of drug-likeness (QED) is 0.715. The van der Waals surface area contributed by atoms with E-state index in [0.29, 0.717) is 5.41 Å². The average Bonchev–Trinajstić information content (AvgIpc) is 2.06. The van der Waals surface area contributed by atoms with Crippen molar-refractivity contribution in [2.24, 2.45) is 17.3 Å². The van der Waals surface area contributed by atoms with Crippen molar-refractivity contribution in [1.29, 1.82) is 0 Å². The van der Waals surface area contributed by atoms with Crippen molar-refractivity contribution in [1.82, 2.24) is 5.32 Å². The van der Waals surface area contributed by atoms with Gasteiger partial charge >= 0.3 is 0 Å². The Bertz CT molecular complexity index is 169. The van der Waals surface area contributed by atoms with Crippen LogP contribution in [-0.2, 0) is 0 Å². The number of hydrogen-bond acceptors (Lipinski definition) is 1. The summed E-state index contributed by atoms with van der Waals surface area (Å²) in [7, 11) is 0. The van der Waals surface area contributed by atoms with E-state index in [-0.39, 0.29) is 0 Å². The van der Waals surface area contributed by atoms with Gasteiger partial charge in [-0.05, 0) is 23.7 Å². The van der Waals surface area contributed by atoms with Gasteiger partial charge in [0, 0.05) is 12.6 Å². The molecule has 1 rings (SSSR count). The lowest BCUT2D eigenvalue weighted by Crippen LogP contribution is -2.43. The molecule has 1 saturated carbocycles. The second kappa shape index (κ2) is 4.65. The largest absolute Gasteiger partial charge is 0.313 e. The van der Waals surface area contributed by atoms with Crippen LogP contribution in [0.1, 0.15) is 53.9 Å². The Morgan fingerprint density at radius 3 is 2.36 bits per heavy atom. The fourth-order valence-corrected chi connectivity index (χ4v) is 2.31. The molecule has 1 aliphatic carbocycles. The molecule has 0 saturated heterocycles. The van der Waals surface area contributed by atoms with Crippen molar-refractivity contribution in [3.63, 3.8) is 0 Å². The minimum Gasteiger partial charge on any atom is -0.313 e. The van der Waals surface area contributed by atoms with Crippen LogP contribution in [0.3, 0.4) is 0 Å². The van der Waals surface area contributed by atoms with Crippen molar-refractivity contribution >= 4 is 0 Å². The summed E-state index contributed by atoms with van der Waals surface area (Å²) >= 11 is 0. The third-order valence-electron chi connectivity index (χ3n) is 3.60. The van der Waals surface area contributed by atoms with E-state index in [4.69, 9.17) is 0 Å². The Kier molecular flexibility index (Phi) is 4.00. The zero-order valence-electron chi connectivity index (χ0n) is 10.6. The molecule has 0 bridgehead atoms. The molecular formula is C13H27N. The summed E-state index contributed by atoms with van der Waals surface area (Å²) < 4.78 is 0. The molecule has 14 heavy (non-hydrogen) atoms. The highest BCUT2D eigenvalue weighted by molar-refractivity contribution is 4.83. The highest BCUT2D eigenvalue weighted by Gasteiger charge is 2.27. The van der Waals surface area contributed by atoms with E-state index in [1.807, 2.05) is 0 Å². The third-order valence-corrected chi connectivity index (χ3v) is 3.60. The molecule has 0 radical (unpaired) electrons. The van der Waals surface area contributed by atoms with Crippen molar-refractivity contribution < 1.29 is 0 Å². The van der Waals surface area contributed by atoms with Crippen LogP contribution in [-0.4, -0.2) is 12.6 Å². The van der Waals surface area contributed by atoms with E-state index in [1.54, 1.807) is 0 Å². The van der Waals surface area contributed by atoms with E-state index in [0.717, 1.165) is 24.4 Å². The van der Waals surface area contributed by atoms with Gasteiger partial charge < -0.3 is 5.32 Å². The number of rotatable bonds is 2. The van der Waals surface area contributed by atoms with Gasteiger partial charge in [-0.25, -0.2) is 0 Å². The van der Waals surface area contributed by atoms with Crippen molar-refractivity contribution in [2.75, 3.05) is 6.54 Å². The lowest BCUT2D eigenvalue weighted by atomic mass is 9.77. The van der Waals surface area contributed by atoms with Gasteiger partial charge in [-0.1, -0.05) is 47.5 Å². The summed E-state index contributed by atoms with van der Waals surface area (Å²) in [6.07, 6.45) is 4.21. The predicted octanol–water partition coefficient (Wildman–Crippen LogP) is 3.45. The first-order valence-electron chi connectivity index (χ1n) is 6.13. The lowest BCUT2D eigenvalue weighted by molar-refractivity contribution is 0.192. The molecular weight excluding hydrogens is 170 g/mol. The first-order valence-corrected chi connectivity index (χ1v) is 6.13. The Morgan fingerprint density at radius 2 is 1.79 bits per heavy atom. The average molecular weight is 197 g/mol. The molecule has 0 aromatic heterocycles. The van der Waals surface area contributed by atoms with E-state index in [9.17, 15) is 0 Å². The molecule has 0 aromatic rings. The predicted molar refractivity (Wildman–Crippen MR) is 63.4 cm³/mol. The standard InChI is InChI=1S/C13H27N/c1-10-7-6-8-12(11(10)2)14-9-13(3,4)5/h10-12,14H,6-9H2,1-5H3/t10-,11+,12+/m1/s1. The maximum Gasteiger partial charge on any atom is 0.00954 e. The monoisotopic (exact) mass is 197 g/mol. The summed E-state index contributed by atoms with van der Waals surface area (Å²) in [5.74, 6) is 1.76. The first kappa shape index (κ1) is 12.0. The van der Waals surface area contributed by atoms with Gasteiger partial charge in [0.05, 0.1) is 0 Å². The van der Waals surface area contributed by atoms with Gasteiger partial charge in [0.1, 0.15) is 0 Å². The van der Waals surface area contributed by atoms with Gasteiger partial charge in [0.2, 0.25) is 0 Å². The van der Waals surface area contributed by atoms with Gasteiger partial charge in [-0.3, -0.25) is 0 Å². The summed E-state index contributed by atoms with van der Waals surface area (Å²) in [6.45, 7) is 12.9. The van der Waals surface area contributed by atoms with Crippen LogP contribution < -0.4 is 5.32 Å². The topological polar surface area (TPSA) is 12.0 Å². The molecule has 84 valence electrons. The summed E-state index contributed by atoms with van der Waals surface area (Å²) in [5.41, 5.74) is 0.417. The zero-order chi connectivity index (χ0) is 10.8. The molecule has 0 spiro atoms. The Morgan fingerprint density at radius 1 is 1.14 bits per heavy atom. The van der Waals surface area contributed by atoms with Gasteiger partial charge in [-0.15, -0.1) is 0 Å². The van der Waals surface area contributed by atoms with E-state index >= 15 is 0 Å². The van der Waals surface area contributed by atoms with Crippen molar-refractivity contribution in [3.05, 3.63) is 0 Å². The van der Waals surface area contributed by atoms with E-state index in [1.165, 1.54) is 19.3 Å². The minimum atomic E-state index is 0.417. The van der Waals surface area contributed by atoms with Crippen LogP contribution in [0.15, 0.2) is 0 Å². The second-order valence-electron chi connectivity index (χ2n) is 6.32. The van der Waals surface area contributed by atoms with Gasteiger partial charge in [0.25, 0.3) is 0 Å². The number of nitrogens with one attached hydrogen (secondary N) is 1. The highest BCUT2D eigenvalue weighted by atomic mass is 14.9. The van der Waals surface area contributed by atoms with Gasteiger partial charge in [0.15, 0.2) is 0 Å². The first-order chi connectivity index (χ1) is 6.40. The molecule has 0 amide bonds. The molecule has 0 aliphatic heterocycles. The highest BCUT2D eigenvalue weighted by Crippen LogP contribution is 2.29. The van der Waals surface area contributed by atoms with Crippen molar-refractivity contribution in [3.8, 4) is 0 Å². The minimum absolute atomic E-state index is 0.417. The molecule has 0 aromatic carbocycles. The fraction of sp³-hybridized carbons (Fsp3) is 1.00. The molecule has 3 atom stereocenters. The van der Waals surface area contributed by atoms with Crippen LogP contribution in [0.5, 0.6) is 0 Å². The third kappa shape index (κ3) is 3.61. The van der Waals surface area contributed by atoms with Crippen molar-refractivity contribution in [2.45, 2.75) is 59.9 Å². The molecule has 1 nitrogen and oxygen atoms in total. The molecule has 1 heteroatoms. The van der Waals surface area contributed by atoms with Gasteiger partial charge in [-0.2, -0.15) is 0 Å². The van der Waals surface area contributed by atoms with E-state index < -0.39 is 0 Å². The van der Waals surface area contributed by atoms with Crippen LogP contribution in [0.4, 0.5) is 0 Å². The van der Waals surface area contributed by atoms with Crippen LogP contribution in [0.2, 0.25) is 0 Å². The second-order valence-corrected chi connectivity index (χ2v) is 6.32. The SMILES string of the molecule is C[C@H]1[C@H](C)CCC[C@@H]1NCC(C)(C)C. The number of hydrogen-bond donors (Lipinski definition) is 1. The van der Waals surface area contributed by atoms with Crippen LogP contribution in [0.25, 0.3) is 0 Å². The molecule has 0 heterocycles. The molecule has 1 fully saturated rings. The normalized spacial score (nSPS) is 34.5. The lowest BCUT2D eigenvalue weighted by Gasteiger charge is -2.36. The Balaban J connectivity index is 2.36.